The molecule has 5 rings (SSSR count). The van der Waals surface area contributed by atoms with Gasteiger partial charge in [0.1, 0.15) is 6.04 Å². The number of sulfone groups is 1. The van der Waals surface area contributed by atoms with Crippen molar-refractivity contribution in [2.75, 3.05) is 11.9 Å². The number of aliphatic hydroxyl groups is 1. The largest absolute Gasteiger partial charge is 0.387 e. The first-order chi connectivity index (χ1) is 19.3. The Kier molecular flexibility index (Phi) is 7.81. The first kappa shape index (κ1) is 29.3. The van der Waals surface area contributed by atoms with E-state index in [-0.39, 0.29) is 52.9 Å². The van der Waals surface area contributed by atoms with Crippen molar-refractivity contribution in [3.05, 3.63) is 58.4 Å². The first-order valence-corrected chi connectivity index (χ1v) is 15.0. The van der Waals surface area contributed by atoms with Gasteiger partial charge in [-0.3, -0.25) is 14.4 Å². The van der Waals surface area contributed by atoms with Crippen LogP contribution in [0.25, 0.3) is 0 Å². The molecule has 0 aromatic heterocycles. The predicted molar refractivity (Wildman–Crippen MR) is 141 cm³/mol. The van der Waals surface area contributed by atoms with E-state index in [4.69, 9.17) is 11.6 Å². The van der Waals surface area contributed by atoms with Crippen LogP contribution in [0.5, 0.6) is 0 Å². The molecule has 0 spiro atoms. The summed E-state index contributed by atoms with van der Waals surface area (Å²) in [5.41, 5.74) is -1.83. The summed E-state index contributed by atoms with van der Waals surface area (Å²) in [6.07, 6.45) is 1.95. The highest BCUT2D eigenvalue weighted by molar-refractivity contribution is 7.92. The van der Waals surface area contributed by atoms with E-state index in [1.165, 1.54) is 12.1 Å². The Labute approximate surface area is 238 Å². The molecule has 2 aliphatic carbocycles. The van der Waals surface area contributed by atoms with Gasteiger partial charge in [0.2, 0.25) is 11.8 Å². The summed E-state index contributed by atoms with van der Waals surface area (Å²) in [6.45, 7) is -0.0682. The van der Waals surface area contributed by atoms with Gasteiger partial charge in [-0.25, -0.2) is 21.6 Å². The third-order valence-electron chi connectivity index (χ3n) is 8.41. The van der Waals surface area contributed by atoms with E-state index in [9.17, 15) is 41.1 Å². The van der Waals surface area contributed by atoms with Crippen LogP contribution in [0.1, 0.15) is 48.9 Å². The van der Waals surface area contributed by atoms with E-state index in [1.807, 2.05) is 0 Å². The van der Waals surface area contributed by atoms with Crippen molar-refractivity contribution in [1.82, 2.24) is 10.6 Å². The van der Waals surface area contributed by atoms with Crippen molar-refractivity contribution in [3.8, 4) is 0 Å². The quantitative estimate of drug-likeness (QED) is 0.354. The number of rotatable bonds is 7. The molecule has 2 saturated carbocycles. The monoisotopic (exact) mass is 613 g/mol. The number of carbonyl (C=O) groups excluding carboxylic acids is 3. The highest BCUT2D eigenvalue weighted by atomic mass is 35.5. The summed E-state index contributed by atoms with van der Waals surface area (Å²) in [4.78, 5) is 36.3. The minimum Gasteiger partial charge on any atom is -0.387 e. The van der Waals surface area contributed by atoms with Crippen molar-refractivity contribution in [2.24, 2.45) is 11.8 Å². The summed E-state index contributed by atoms with van der Waals surface area (Å²) in [7, 11) is -4.09. The molecule has 0 radical (unpaired) electrons. The van der Waals surface area contributed by atoms with Crippen molar-refractivity contribution >= 4 is 44.8 Å². The molecular formula is C27H27ClF3N3O6S. The van der Waals surface area contributed by atoms with Crippen LogP contribution in [0.15, 0.2) is 35.2 Å². The second-order valence-electron chi connectivity index (χ2n) is 10.8. The molecule has 4 N–H and O–H groups in total. The second kappa shape index (κ2) is 10.9. The van der Waals surface area contributed by atoms with Gasteiger partial charge in [-0.15, -0.1) is 0 Å². The van der Waals surface area contributed by atoms with Gasteiger partial charge in [0.15, 0.2) is 27.3 Å². The fourth-order valence-electron chi connectivity index (χ4n) is 6.19. The number of nitrogens with one attached hydrogen (secondary N) is 3. The Morgan fingerprint density at radius 1 is 1.05 bits per heavy atom. The van der Waals surface area contributed by atoms with Crippen LogP contribution in [0.4, 0.5) is 18.9 Å². The van der Waals surface area contributed by atoms with Crippen LogP contribution in [0.3, 0.4) is 0 Å². The smallest absolute Gasteiger partial charge is 0.255 e. The topological polar surface area (TPSA) is 142 Å². The minimum absolute atomic E-state index is 0.0682. The Morgan fingerprint density at radius 2 is 1.68 bits per heavy atom. The molecule has 3 unspecified atom stereocenters. The number of hydrogen-bond donors (Lipinski definition) is 4. The first-order valence-electron chi connectivity index (χ1n) is 13.1. The third kappa shape index (κ3) is 5.54. The maximum Gasteiger partial charge on any atom is 0.255 e. The maximum atomic E-state index is 13.7. The number of fused-ring (bicyclic) bond motifs is 2. The van der Waals surface area contributed by atoms with E-state index in [0.717, 1.165) is 6.07 Å². The normalized spacial score (nSPS) is 27.4. The van der Waals surface area contributed by atoms with Crippen molar-refractivity contribution in [2.45, 2.75) is 60.3 Å². The number of amides is 3. The molecule has 1 heterocycles. The van der Waals surface area contributed by atoms with E-state index in [2.05, 4.69) is 16.0 Å². The van der Waals surface area contributed by atoms with Gasteiger partial charge in [-0.05, 0) is 62.1 Å². The Morgan fingerprint density at radius 3 is 2.27 bits per heavy atom. The highest BCUT2D eigenvalue weighted by Crippen LogP contribution is 2.52. The molecule has 2 aromatic rings. The van der Waals surface area contributed by atoms with Crippen molar-refractivity contribution in [3.63, 3.8) is 0 Å². The molecule has 3 aliphatic rings. The molecule has 3 fully saturated rings. The van der Waals surface area contributed by atoms with Gasteiger partial charge in [-0.1, -0.05) is 11.6 Å². The van der Waals surface area contributed by atoms with Crippen molar-refractivity contribution < 1.29 is 41.1 Å². The average molecular weight is 614 g/mol. The second-order valence-corrected chi connectivity index (χ2v) is 13.4. The molecule has 14 heteroatoms. The minimum atomic E-state index is -4.09. The fourth-order valence-corrected chi connectivity index (χ4v) is 8.59. The van der Waals surface area contributed by atoms with Crippen LogP contribution in [0, 0.1) is 29.3 Å². The number of halogens is 4. The summed E-state index contributed by atoms with van der Waals surface area (Å²) in [5.74, 6) is -7.05. The van der Waals surface area contributed by atoms with Gasteiger partial charge >= 0.3 is 0 Å². The van der Waals surface area contributed by atoms with Gasteiger partial charge < -0.3 is 21.1 Å². The van der Waals surface area contributed by atoms with Gasteiger partial charge in [0.05, 0.1) is 20.8 Å². The number of carbonyl (C=O) groups is 3. The Bertz CT molecular complexity index is 1500. The van der Waals surface area contributed by atoms with Gasteiger partial charge in [0.25, 0.3) is 5.91 Å². The lowest BCUT2D eigenvalue weighted by molar-refractivity contribution is -0.128. The molecule has 3 amide bonds. The van der Waals surface area contributed by atoms with E-state index < -0.39 is 67.8 Å². The molecule has 1 saturated heterocycles. The zero-order valence-corrected chi connectivity index (χ0v) is 23.1. The molecule has 41 heavy (non-hydrogen) atoms. The third-order valence-corrected chi connectivity index (χ3v) is 11.1. The van der Waals surface area contributed by atoms with Gasteiger partial charge in [-0.2, -0.15) is 0 Å². The van der Waals surface area contributed by atoms with Crippen molar-refractivity contribution in [1.29, 1.82) is 0 Å². The molecule has 220 valence electrons. The predicted octanol–water partition coefficient (Wildman–Crippen LogP) is 3.10. The van der Waals surface area contributed by atoms with Crippen LogP contribution < -0.4 is 16.0 Å². The zero-order chi connectivity index (χ0) is 29.7. The Hall–Kier alpha value is -3.16. The average Bonchev–Trinajstić information content (AvgIpc) is 3.38. The summed E-state index contributed by atoms with van der Waals surface area (Å²) >= 11 is 6.25. The maximum absolute atomic E-state index is 13.7. The molecular weight excluding hydrogens is 587 g/mol. The summed E-state index contributed by atoms with van der Waals surface area (Å²) in [5, 5.41) is 17.9. The molecule has 9 nitrogen and oxygen atoms in total. The molecule has 2 aromatic carbocycles. The lowest BCUT2D eigenvalue weighted by Crippen LogP contribution is -2.56. The number of benzene rings is 2. The molecule has 2 bridgehead atoms. The number of hydrogen-bond acceptors (Lipinski definition) is 6. The van der Waals surface area contributed by atoms with E-state index in [0.29, 0.717) is 31.4 Å². The highest BCUT2D eigenvalue weighted by Gasteiger charge is 2.56. The SMILES string of the molecule is O=C1CC[C@@H](C(=O)NCC2(O)C3CC[C@H]2CC(S(=O)(=O)c2cc(C(=O)Nc4cc(F)c(F)c(F)c4)ccc2Cl)C3)N1. The zero-order valence-electron chi connectivity index (χ0n) is 21.6. The van der Waals surface area contributed by atoms with E-state index >= 15 is 0 Å². The molecule has 1 aliphatic heterocycles. The lowest BCUT2D eigenvalue weighted by atomic mass is 9.74. The Balaban J connectivity index is 1.30. The van der Waals surface area contributed by atoms with Crippen LogP contribution in [0.2, 0.25) is 5.02 Å². The molecule has 5 atom stereocenters. The van der Waals surface area contributed by atoms with E-state index in [1.54, 1.807) is 0 Å². The van der Waals surface area contributed by atoms with Crippen LogP contribution >= 0.6 is 11.6 Å². The summed E-state index contributed by atoms with van der Waals surface area (Å²) in [6, 6.07) is 4.06. The van der Waals surface area contributed by atoms with Crippen LogP contribution in [-0.2, 0) is 19.4 Å². The van der Waals surface area contributed by atoms with Gasteiger partial charge in [0, 0.05) is 36.3 Å². The van der Waals surface area contributed by atoms with Crippen LogP contribution in [-0.4, -0.2) is 54.7 Å². The standard InChI is InChI=1S/C27H27ClF3N3O6S/c28-18-4-1-13(25(36)33-16-10-19(29)24(31)20(30)11-16)7-22(18)41(39,40)17-8-14-2-3-15(9-17)27(14,38)12-32-26(37)21-5-6-23(35)34-21/h1,4,7,10-11,14-15,17,21,38H,2-3,5-6,8-9,12H2,(H,32,37)(H,33,36)(H,34,35)/t14-,15?,17?,21-,27?/m0/s1. The summed E-state index contributed by atoms with van der Waals surface area (Å²) < 4.78 is 67.8. The fraction of sp³-hybridized carbons (Fsp3) is 0.444. The number of anilines is 1. The lowest BCUT2D eigenvalue weighted by Gasteiger charge is -2.42.